The Morgan fingerprint density at radius 2 is 1.97 bits per heavy atom. The third kappa shape index (κ3) is 3.72. The number of nitrogens with two attached hydrogens (primary N) is 1. The van der Waals surface area contributed by atoms with Crippen molar-refractivity contribution in [3.05, 3.63) is 42.5 Å². The first-order valence-corrected chi connectivity index (χ1v) is 10.4. The number of hydrogen-bond acceptors (Lipinski definition) is 9. The van der Waals surface area contributed by atoms with Crippen molar-refractivity contribution in [1.29, 1.82) is 0 Å². The van der Waals surface area contributed by atoms with Gasteiger partial charge in [0.2, 0.25) is 5.95 Å². The topological polar surface area (TPSA) is 149 Å². The van der Waals surface area contributed by atoms with Gasteiger partial charge in [-0.3, -0.25) is 5.10 Å². The summed E-state index contributed by atoms with van der Waals surface area (Å²) in [6.07, 6.45) is 3.61. The van der Waals surface area contributed by atoms with Gasteiger partial charge in [-0.05, 0) is 18.2 Å². The van der Waals surface area contributed by atoms with E-state index in [1.54, 1.807) is 6.07 Å². The predicted octanol–water partition coefficient (Wildman–Crippen LogP) is 2.29. The lowest BCUT2D eigenvalue weighted by Gasteiger charge is -2.11. The fourth-order valence-electron chi connectivity index (χ4n) is 2.83. The lowest BCUT2D eigenvalue weighted by molar-refractivity contribution is 0.413. The number of nitrogens with one attached hydrogen (secondary N) is 2. The number of nitrogen functional groups attached to an aromatic ring is 1. The normalized spacial score (nSPS) is 11.6. The zero-order valence-corrected chi connectivity index (χ0v) is 16.7. The third-order valence-electron chi connectivity index (χ3n) is 4.26. The van der Waals surface area contributed by atoms with E-state index in [1.165, 1.54) is 31.5 Å². The molecule has 0 saturated heterocycles. The molecule has 154 valence electrons. The van der Waals surface area contributed by atoms with Crippen LogP contribution in [0.2, 0.25) is 0 Å². The van der Waals surface area contributed by atoms with Gasteiger partial charge in [0.05, 0.1) is 29.5 Å². The van der Waals surface area contributed by atoms with Crippen molar-refractivity contribution in [2.75, 3.05) is 24.4 Å². The van der Waals surface area contributed by atoms with Gasteiger partial charge in [-0.1, -0.05) is 0 Å². The van der Waals surface area contributed by atoms with Crippen molar-refractivity contribution in [2.24, 2.45) is 0 Å². The molecular formula is C18H16FN7O3S. The standard InChI is InChI=1S/C18H16FN7O3S/c1-29-11-4-10(5-12(6-11)30(2,27)28)23-18-22-8-14(16(20)24-18)15-13-3-9(19)7-21-17(13)26-25-15/h3-8H,1-2H3,(H,21,25,26)(H3,20,22,23,24). The number of halogens is 1. The maximum Gasteiger partial charge on any atom is 0.229 e. The van der Waals surface area contributed by atoms with E-state index in [0.29, 0.717) is 33.7 Å². The van der Waals surface area contributed by atoms with Crippen LogP contribution >= 0.6 is 0 Å². The Balaban J connectivity index is 1.70. The van der Waals surface area contributed by atoms with Gasteiger partial charge in [0.1, 0.15) is 17.4 Å². The summed E-state index contributed by atoms with van der Waals surface area (Å²) in [5, 5.41) is 10.1. The van der Waals surface area contributed by atoms with E-state index in [1.807, 2.05) is 0 Å². The van der Waals surface area contributed by atoms with Gasteiger partial charge in [0.15, 0.2) is 15.5 Å². The third-order valence-corrected chi connectivity index (χ3v) is 5.36. The number of H-pyrrole nitrogens is 1. The number of hydrogen-bond donors (Lipinski definition) is 3. The average molecular weight is 429 g/mol. The monoisotopic (exact) mass is 429 g/mol. The van der Waals surface area contributed by atoms with Crippen LogP contribution in [0.1, 0.15) is 0 Å². The summed E-state index contributed by atoms with van der Waals surface area (Å²) in [7, 11) is -2.02. The highest BCUT2D eigenvalue weighted by Crippen LogP contribution is 2.30. The van der Waals surface area contributed by atoms with Gasteiger partial charge in [0.25, 0.3) is 0 Å². The van der Waals surface area contributed by atoms with Crippen molar-refractivity contribution in [3.8, 4) is 17.0 Å². The number of aromatic nitrogens is 5. The molecule has 4 rings (SSSR count). The molecule has 0 spiro atoms. The molecule has 10 nitrogen and oxygen atoms in total. The molecule has 3 aromatic heterocycles. The Bertz CT molecular complexity index is 1370. The Labute approximate surface area is 170 Å². The predicted molar refractivity (Wildman–Crippen MR) is 109 cm³/mol. The van der Waals surface area contributed by atoms with Crippen LogP contribution in [0.25, 0.3) is 22.3 Å². The van der Waals surface area contributed by atoms with Crippen LogP contribution in [0.4, 0.5) is 21.8 Å². The highest BCUT2D eigenvalue weighted by molar-refractivity contribution is 7.90. The fraction of sp³-hybridized carbons (Fsp3) is 0.111. The van der Waals surface area contributed by atoms with Gasteiger partial charge < -0.3 is 15.8 Å². The van der Waals surface area contributed by atoms with E-state index in [2.05, 4.69) is 30.5 Å². The van der Waals surface area contributed by atoms with Crippen LogP contribution in [0.3, 0.4) is 0 Å². The SMILES string of the molecule is COc1cc(Nc2ncc(-c3[nH]nc4ncc(F)cc34)c(N)n2)cc(S(C)(=O)=O)c1. The highest BCUT2D eigenvalue weighted by Gasteiger charge is 2.15. The molecule has 0 aliphatic heterocycles. The van der Waals surface area contributed by atoms with Crippen molar-refractivity contribution < 1.29 is 17.5 Å². The number of methoxy groups -OCH3 is 1. The maximum atomic E-state index is 13.6. The van der Waals surface area contributed by atoms with Crippen molar-refractivity contribution in [3.63, 3.8) is 0 Å². The molecule has 0 aliphatic carbocycles. The minimum Gasteiger partial charge on any atom is -0.497 e. The summed E-state index contributed by atoms with van der Waals surface area (Å²) >= 11 is 0. The number of ether oxygens (including phenoxy) is 1. The van der Waals surface area contributed by atoms with Crippen molar-refractivity contribution in [1.82, 2.24) is 25.1 Å². The summed E-state index contributed by atoms with van der Waals surface area (Å²) < 4.78 is 42.5. The Kier molecular flexibility index (Phi) is 4.70. The molecule has 0 aliphatic rings. The first-order chi connectivity index (χ1) is 14.2. The second-order valence-corrected chi connectivity index (χ2v) is 8.43. The number of benzene rings is 1. The van der Waals surface area contributed by atoms with E-state index in [9.17, 15) is 12.8 Å². The lowest BCUT2D eigenvalue weighted by atomic mass is 10.1. The minimum absolute atomic E-state index is 0.0763. The Morgan fingerprint density at radius 3 is 2.67 bits per heavy atom. The van der Waals surface area contributed by atoms with Crippen LogP contribution in [0.15, 0.2) is 41.6 Å². The zero-order valence-electron chi connectivity index (χ0n) is 15.8. The molecule has 0 radical (unpaired) electrons. The maximum absolute atomic E-state index is 13.6. The number of pyridine rings is 1. The molecule has 0 fully saturated rings. The van der Waals surface area contributed by atoms with Gasteiger partial charge in [-0.15, -0.1) is 0 Å². The molecule has 30 heavy (non-hydrogen) atoms. The average Bonchev–Trinajstić information content (AvgIpc) is 3.10. The van der Waals surface area contributed by atoms with Gasteiger partial charge in [-0.2, -0.15) is 10.1 Å². The summed E-state index contributed by atoms with van der Waals surface area (Å²) in [6.45, 7) is 0. The number of anilines is 3. The number of sulfone groups is 1. The summed E-state index contributed by atoms with van der Waals surface area (Å²) in [5.41, 5.74) is 7.66. The summed E-state index contributed by atoms with van der Waals surface area (Å²) in [6, 6.07) is 5.73. The number of fused-ring (bicyclic) bond motifs is 1. The second kappa shape index (κ2) is 7.22. The number of aromatic amines is 1. The van der Waals surface area contributed by atoms with Crippen LogP contribution in [0, 0.1) is 5.82 Å². The van der Waals surface area contributed by atoms with Crippen LogP contribution in [0.5, 0.6) is 5.75 Å². The minimum atomic E-state index is -3.45. The van der Waals surface area contributed by atoms with E-state index < -0.39 is 15.7 Å². The molecule has 3 heterocycles. The molecule has 0 amide bonds. The van der Waals surface area contributed by atoms with Crippen molar-refractivity contribution >= 4 is 38.3 Å². The molecule has 0 atom stereocenters. The summed E-state index contributed by atoms with van der Waals surface area (Å²) in [5.74, 6) is 0.0803. The van der Waals surface area contributed by atoms with Gasteiger partial charge in [0, 0.05) is 29.6 Å². The van der Waals surface area contributed by atoms with Gasteiger partial charge in [-0.25, -0.2) is 22.8 Å². The molecular weight excluding hydrogens is 413 g/mol. The first-order valence-electron chi connectivity index (χ1n) is 8.53. The number of rotatable bonds is 5. The zero-order chi connectivity index (χ0) is 21.5. The molecule has 4 aromatic rings. The largest absolute Gasteiger partial charge is 0.497 e. The Hall–Kier alpha value is -3.80. The van der Waals surface area contributed by atoms with Crippen LogP contribution in [-0.4, -0.2) is 46.9 Å². The Morgan fingerprint density at radius 1 is 1.17 bits per heavy atom. The van der Waals surface area contributed by atoms with E-state index in [4.69, 9.17) is 10.5 Å². The first kappa shape index (κ1) is 19.5. The molecule has 4 N–H and O–H groups in total. The summed E-state index contributed by atoms with van der Waals surface area (Å²) in [4.78, 5) is 12.4. The molecule has 1 aromatic carbocycles. The van der Waals surface area contributed by atoms with Crippen LogP contribution in [-0.2, 0) is 9.84 Å². The second-order valence-electron chi connectivity index (χ2n) is 6.41. The molecule has 0 bridgehead atoms. The van der Waals surface area contributed by atoms with E-state index >= 15 is 0 Å². The van der Waals surface area contributed by atoms with E-state index in [0.717, 1.165) is 12.5 Å². The molecule has 0 unspecified atom stereocenters. The van der Waals surface area contributed by atoms with E-state index in [-0.39, 0.29) is 16.7 Å². The van der Waals surface area contributed by atoms with Crippen LogP contribution < -0.4 is 15.8 Å². The van der Waals surface area contributed by atoms with Crippen molar-refractivity contribution in [2.45, 2.75) is 4.90 Å². The lowest BCUT2D eigenvalue weighted by Crippen LogP contribution is -2.04. The fourth-order valence-corrected chi connectivity index (χ4v) is 3.50. The quantitative estimate of drug-likeness (QED) is 0.434. The smallest absolute Gasteiger partial charge is 0.229 e. The molecule has 0 saturated carbocycles. The van der Waals surface area contributed by atoms with Gasteiger partial charge >= 0.3 is 0 Å². The number of nitrogens with zero attached hydrogens (tertiary/aromatic N) is 4. The molecule has 12 heteroatoms. The highest BCUT2D eigenvalue weighted by atomic mass is 32.2.